The van der Waals surface area contributed by atoms with E-state index >= 15 is 0 Å². The average molecular weight is 354 g/mol. The number of nitrogens with zero attached hydrogens (tertiary/aromatic N) is 2. The van der Waals surface area contributed by atoms with Crippen molar-refractivity contribution in [1.29, 1.82) is 0 Å². The van der Waals surface area contributed by atoms with Gasteiger partial charge in [-0.25, -0.2) is 4.79 Å². The Hall–Kier alpha value is -2.09. The highest BCUT2D eigenvalue weighted by atomic mass is 32.2. The molecule has 1 aromatic carbocycles. The normalized spacial score (nSPS) is 19.6. The van der Waals surface area contributed by atoms with Crippen LogP contribution in [0.3, 0.4) is 0 Å². The van der Waals surface area contributed by atoms with Crippen LogP contribution in [0.2, 0.25) is 0 Å². The number of carbonyl (C=O) groups excluding carboxylic acids is 2. The van der Waals surface area contributed by atoms with Gasteiger partial charge in [-0.15, -0.1) is 0 Å². The number of benzene rings is 1. The molecule has 0 spiro atoms. The number of hydrogen-bond donors (Lipinski definition) is 0. The summed E-state index contributed by atoms with van der Waals surface area (Å²) in [5.41, 5.74) is 0.966. The minimum absolute atomic E-state index is 0.0669. The van der Waals surface area contributed by atoms with Crippen molar-refractivity contribution in [2.75, 3.05) is 20.6 Å². The van der Waals surface area contributed by atoms with Gasteiger partial charge in [0.1, 0.15) is 5.75 Å². The highest BCUT2D eigenvalue weighted by Crippen LogP contribution is 2.26. The van der Waals surface area contributed by atoms with Crippen molar-refractivity contribution in [3.8, 4) is 5.75 Å². The van der Waals surface area contributed by atoms with E-state index in [0.717, 1.165) is 10.5 Å². The predicted molar refractivity (Wildman–Crippen MR) is 89.3 cm³/mol. The third-order valence-corrected chi connectivity index (χ3v) is 5.41. The van der Waals surface area contributed by atoms with Gasteiger partial charge in [-0.3, -0.25) is 9.69 Å². The molecule has 1 saturated heterocycles. The molecule has 3 amide bonds. The van der Waals surface area contributed by atoms with Crippen LogP contribution in [0.15, 0.2) is 24.3 Å². The van der Waals surface area contributed by atoms with Crippen molar-refractivity contribution >= 4 is 22.1 Å². The molecule has 1 heterocycles. The van der Waals surface area contributed by atoms with Gasteiger partial charge in [0.2, 0.25) is 0 Å². The Morgan fingerprint density at radius 3 is 2.12 bits per heavy atom. The van der Waals surface area contributed by atoms with Crippen molar-refractivity contribution in [2.24, 2.45) is 0 Å². The average Bonchev–Trinajstić information content (AvgIpc) is 2.48. The van der Waals surface area contributed by atoms with E-state index in [0.29, 0.717) is 0 Å². The zero-order valence-corrected chi connectivity index (χ0v) is 15.3. The van der Waals surface area contributed by atoms with Gasteiger partial charge in [0.25, 0.3) is 5.91 Å². The van der Waals surface area contributed by atoms with Crippen LogP contribution in [0, 0.1) is 0 Å². The van der Waals surface area contributed by atoms with Crippen LogP contribution in [0.5, 0.6) is 5.75 Å². The van der Waals surface area contributed by atoms with E-state index < -0.39 is 27.3 Å². The van der Waals surface area contributed by atoms with Gasteiger partial charge in [0, 0.05) is 14.1 Å². The summed E-state index contributed by atoms with van der Waals surface area (Å²) in [7, 11) is -1.52. The number of hydrogen-bond acceptors (Lipinski definition) is 5. The van der Waals surface area contributed by atoms with Crippen molar-refractivity contribution < 1.29 is 22.2 Å². The lowest BCUT2D eigenvalue weighted by Gasteiger charge is -2.33. The van der Waals surface area contributed by atoms with Crippen LogP contribution >= 0.6 is 0 Å². The second-order valence-electron chi connectivity index (χ2n) is 6.90. The van der Waals surface area contributed by atoms with Crippen LogP contribution in [-0.4, -0.2) is 56.0 Å². The van der Waals surface area contributed by atoms with Gasteiger partial charge in [-0.2, -0.15) is 8.42 Å². The molecule has 0 radical (unpaired) electrons. The molecule has 0 bridgehead atoms. The largest absolute Gasteiger partial charge is 0.382 e. The van der Waals surface area contributed by atoms with Crippen LogP contribution in [-0.2, 0) is 20.3 Å². The van der Waals surface area contributed by atoms with Gasteiger partial charge in [-0.05, 0) is 23.1 Å². The maximum Gasteiger partial charge on any atom is 0.326 e. The molecule has 0 N–H and O–H groups in total. The molecule has 1 aliphatic heterocycles. The first-order chi connectivity index (χ1) is 10.9. The van der Waals surface area contributed by atoms with Crippen molar-refractivity contribution in [2.45, 2.75) is 31.4 Å². The first-order valence-corrected chi connectivity index (χ1v) is 8.97. The zero-order valence-electron chi connectivity index (χ0n) is 14.4. The number of imide groups is 1. The second kappa shape index (κ2) is 6.08. The molecule has 0 aromatic heterocycles. The lowest BCUT2D eigenvalue weighted by molar-refractivity contribution is -0.129. The van der Waals surface area contributed by atoms with E-state index in [4.69, 9.17) is 4.18 Å². The van der Waals surface area contributed by atoms with Crippen molar-refractivity contribution in [3.05, 3.63) is 29.8 Å². The summed E-state index contributed by atoms with van der Waals surface area (Å²) in [6, 6.07) is 6.15. The molecule has 1 atom stereocenters. The number of urea groups is 1. The molecule has 8 heteroatoms. The van der Waals surface area contributed by atoms with Crippen molar-refractivity contribution in [3.63, 3.8) is 0 Å². The minimum Gasteiger partial charge on any atom is -0.382 e. The Morgan fingerprint density at radius 1 is 1.08 bits per heavy atom. The van der Waals surface area contributed by atoms with Crippen molar-refractivity contribution in [1.82, 2.24) is 9.80 Å². The summed E-state index contributed by atoms with van der Waals surface area (Å²) < 4.78 is 30.0. The summed E-state index contributed by atoms with van der Waals surface area (Å²) in [6.07, 6.45) is 0. The van der Waals surface area contributed by atoms with Crippen LogP contribution < -0.4 is 4.18 Å². The molecule has 1 aromatic rings. The van der Waals surface area contributed by atoms with Gasteiger partial charge < -0.3 is 9.08 Å². The molecule has 1 unspecified atom stereocenters. The maximum atomic E-state index is 12.4. The summed E-state index contributed by atoms with van der Waals surface area (Å²) in [4.78, 5) is 25.8. The van der Waals surface area contributed by atoms with Crippen LogP contribution in [0.1, 0.15) is 26.3 Å². The Kier molecular flexibility index (Phi) is 4.63. The molecular formula is C16H22N2O5S. The fourth-order valence-electron chi connectivity index (χ4n) is 2.39. The topological polar surface area (TPSA) is 84.0 Å². The van der Waals surface area contributed by atoms with E-state index in [2.05, 4.69) is 0 Å². The van der Waals surface area contributed by atoms with Gasteiger partial charge >= 0.3 is 16.1 Å². The third-order valence-electron chi connectivity index (χ3n) is 3.94. The van der Waals surface area contributed by atoms with E-state index in [1.165, 1.54) is 19.0 Å². The SMILES string of the molecule is CN1CC(S(=O)(=O)Oc2ccc(C(C)(C)C)cc2)C(=O)N(C)C1=O. The monoisotopic (exact) mass is 354 g/mol. The van der Waals surface area contributed by atoms with Crippen LogP contribution in [0.4, 0.5) is 4.79 Å². The third kappa shape index (κ3) is 3.53. The molecule has 0 aliphatic carbocycles. The highest BCUT2D eigenvalue weighted by molar-refractivity contribution is 7.88. The first-order valence-electron chi connectivity index (χ1n) is 7.50. The zero-order chi connectivity index (χ0) is 18.3. The van der Waals surface area contributed by atoms with Gasteiger partial charge in [0.05, 0.1) is 6.54 Å². The number of carbonyl (C=O) groups is 2. The van der Waals surface area contributed by atoms with Gasteiger partial charge in [0.15, 0.2) is 5.25 Å². The Balaban J connectivity index is 2.22. The standard InChI is InChI=1S/C16H22N2O5S/c1-16(2,3)11-6-8-12(9-7-11)23-24(21,22)13-10-17(4)15(20)18(5)14(13)19/h6-9,13H,10H2,1-5H3. The Morgan fingerprint density at radius 2 is 1.62 bits per heavy atom. The summed E-state index contributed by atoms with van der Waals surface area (Å²) in [5.74, 6) is -0.651. The molecule has 132 valence electrons. The molecule has 24 heavy (non-hydrogen) atoms. The van der Waals surface area contributed by atoms with E-state index in [1.807, 2.05) is 20.8 Å². The number of rotatable bonds is 3. The van der Waals surface area contributed by atoms with Gasteiger partial charge in [-0.1, -0.05) is 32.9 Å². The first kappa shape index (κ1) is 18.3. The molecule has 1 aliphatic rings. The smallest absolute Gasteiger partial charge is 0.326 e. The Labute approximate surface area is 142 Å². The van der Waals surface area contributed by atoms with E-state index in [1.54, 1.807) is 24.3 Å². The quantitative estimate of drug-likeness (QED) is 0.770. The Bertz CT molecular complexity index is 750. The summed E-state index contributed by atoms with van der Waals surface area (Å²) >= 11 is 0. The summed E-state index contributed by atoms with van der Waals surface area (Å²) in [6.45, 7) is 5.90. The lowest BCUT2D eigenvalue weighted by atomic mass is 9.87. The predicted octanol–water partition coefficient (Wildman–Crippen LogP) is 1.59. The fourth-order valence-corrected chi connectivity index (χ4v) is 3.70. The fraction of sp³-hybridized carbons (Fsp3) is 0.500. The highest BCUT2D eigenvalue weighted by Gasteiger charge is 2.44. The molecule has 0 saturated carbocycles. The summed E-state index contributed by atoms with van der Waals surface area (Å²) in [5, 5.41) is -1.44. The number of amides is 3. The molecule has 7 nitrogen and oxygen atoms in total. The molecular weight excluding hydrogens is 332 g/mol. The molecule has 2 rings (SSSR count). The van der Waals surface area contributed by atoms with E-state index in [-0.39, 0.29) is 17.7 Å². The maximum absolute atomic E-state index is 12.4. The second-order valence-corrected chi connectivity index (χ2v) is 8.62. The minimum atomic E-state index is -4.21. The van der Waals surface area contributed by atoms with Crippen LogP contribution in [0.25, 0.3) is 0 Å². The van der Waals surface area contributed by atoms with E-state index in [9.17, 15) is 18.0 Å². The molecule has 1 fully saturated rings. The lowest BCUT2D eigenvalue weighted by Crippen LogP contribution is -2.59.